The van der Waals surface area contributed by atoms with Crippen molar-refractivity contribution in [3.8, 4) is 0 Å². The molecular weight excluding hydrogens is 276 g/mol. The Labute approximate surface area is 137 Å². The first-order valence-electron chi connectivity index (χ1n) is 8.95. The molecule has 1 atom stereocenters. The molecule has 0 amide bonds. The highest BCUT2D eigenvalue weighted by Gasteiger charge is 2.06. The number of rotatable bonds is 13. The molecule has 0 aromatic carbocycles. The molecule has 0 aliphatic rings. The van der Waals surface area contributed by atoms with Crippen LogP contribution in [0.15, 0.2) is 4.99 Å². The third kappa shape index (κ3) is 11.8. The van der Waals surface area contributed by atoms with Gasteiger partial charge in [-0.15, -0.1) is 0 Å². The van der Waals surface area contributed by atoms with E-state index in [0.29, 0.717) is 6.04 Å². The molecule has 5 nitrogen and oxygen atoms in total. The SMILES string of the molecule is CCCCOCCCN=C(NCC)NCCN(C)C(C)CC. The number of guanidine groups is 1. The number of hydrogen-bond acceptors (Lipinski definition) is 3. The van der Waals surface area contributed by atoms with E-state index in [-0.39, 0.29) is 0 Å². The summed E-state index contributed by atoms with van der Waals surface area (Å²) in [6.07, 6.45) is 4.50. The minimum absolute atomic E-state index is 0.626. The molecule has 5 heteroatoms. The van der Waals surface area contributed by atoms with Crippen molar-refractivity contribution in [2.75, 3.05) is 46.4 Å². The number of aliphatic imine (C=N–C) groups is 1. The molecule has 0 aliphatic heterocycles. The summed E-state index contributed by atoms with van der Waals surface area (Å²) in [7, 11) is 2.17. The lowest BCUT2D eigenvalue weighted by molar-refractivity contribution is 0.130. The van der Waals surface area contributed by atoms with Crippen molar-refractivity contribution in [3.05, 3.63) is 0 Å². The third-order valence-corrected chi connectivity index (χ3v) is 3.80. The molecule has 132 valence electrons. The van der Waals surface area contributed by atoms with Crippen molar-refractivity contribution in [1.82, 2.24) is 15.5 Å². The second kappa shape index (κ2) is 15.1. The van der Waals surface area contributed by atoms with E-state index >= 15 is 0 Å². The highest BCUT2D eigenvalue weighted by molar-refractivity contribution is 5.79. The van der Waals surface area contributed by atoms with E-state index in [1.54, 1.807) is 0 Å². The van der Waals surface area contributed by atoms with Crippen LogP contribution in [-0.2, 0) is 4.74 Å². The molecule has 0 radical (unpaired) electrons. The highest BCUT2D eigenvalue weighted by Crippen LogP contribution is 1.98. The largest absolute Gasteiger partial charge is 0.381 e. The molecule has 0 fully saturated rings. The lowest BCUT2D eigenvalue weighted by Crippen LogP contribution is -2.42. The van der Waals surface area contributed by atoms with Gasteiger partial charge in [0.05, 0.1) is 0 Å². The van der Waals surface area contributed by atoms with Crippen LogP contribution >= 0.6 is 0 Å². The summed E-state index contributed by atoms with van der Waals surface area (Å²) in [4.78, 5) is 6.96. The van der Waals surface area contributed by atoms with Gasteiger partial charge in [0.15, 0.2) is 5.96 Å². The maximum Gasteiger partial charge on any atom is 0.191 e. The monoisotopic (exact) mass is 314 g/mol. The van der Waals surface area contributed by atoms with Gasteiger partial charge in [-0.05, 0) is 40.2 Å². The number of unbranched alkanes of at least 4 members (excludes halogenated alkanes) is 1. The smallest absolute Gasteiger partial charge is 0.191 e. The summed E-state index contributed by atoms with van der Waals surface area (Å²) < 4.78 is 5.55. The van der Waals surface area contributed by atoms with Crippen molar-refractivity contribution >= 4 is 5.96 Å². The Bertz CT molecular complexity index is 271. The van der Waals surface area contributed by atoms with Crippen LogP contribution < -0.4 is 10.6 Å². The number of hydrogen-bond donors (Lipinski definition) is 2. The molecule has 0 saturated carbocycles. The van der Waals surface area contributed by atoms with Crippen molar-refractivity contribution in [3.63, 3.8) is 0 Å². The summed E-state index contributed by atoms with van der Waals surface area (Å²) in [6, 6.07) is 0.626. The predicted octanol–water partition coefficient (Wildman–Crippen LogP) is 2.48. The average molecular weight is 315 g/mol. The Morgan fingerprint density at radius 2 is 1.86 bits per heavy atom. The molecular formula is C17H38N4O. The fourth-order valence-corrected chi connectivity index (χ4v) is 1.93. The second-order valence-corrected chi connectivity index (χ2v) is 5.74. The van der Waals surface area contributed by atoms with Gasteiger partial charge in [0.25, 0.3) is 0 Å². The zero-order chi connectivity index (χ0) is 16.6. The fraction of sp³-hybridized carbons (Fsp3) is 0.941. The number of likely N-dealkylation sites (N-methyl/N-ethyl adjacent to an activating group) is 1. The lowest BCUT2D eigenvalue weighted by Gasteiger charge is -2.24. The zero-order valence-corrected chi connectivity index (χ0v) is 15.5. The molecule has 22 heavy (non-hydrogen) atoms. The van der Waals surface area contributed by atoms with E-state index in [0.717, 1.165) is 58.2 Å². The van der Waals surface area contributed by atoms with Crippen molar-refractivity contribution in [1.29, 1.82) is 0 Å². The maximum absolute atomic E-state index is 5.55. The number of nitrogens with zero attached hydrogens (tertiary/aromatic N) is 2. The Balaban J connectivity index is 3.86. The minimum Gasteiger partial charge on any atom is -0.381 e. The highest BCUT2D eigenvalue weighted by atomic mass is 16.5. The number of ether oxygens (including phenoxy) is 1. The average Bonchev–Trinajstić information content (AvgIpc) is 2.52. The van der Waals surface area contributed by atoms with E-state index < -0.39 is 0 Å². The molecule has 0 aromatic rings. The second-order valence-electron chi connectivity index (χ2n) is 5.74. The van der Waals surface area contributed by atoms with E-state index in [2.05, 4.69) is 55.3 Å². The third-order valence-electron chi connectivity index (χ3n) is 3.80. The number of nitrogens with one attached hydrogen (secondary N) is 2. The molecule has 0 saturated heterocycles. The normalized spacial score (nSPS) is 13.5. The first kappa shape index (κ1) is 21.2. The minimum atomic E-state index is 0.626. The van der Waals surface area contributed by atoms with Gasteiger partial charge in [0.2, 0.25) is 0 Å². The maximum atomic E-state index is 5.55. The Morgan fingerprint density at radius 3 is 2.50 bits per heavy atom. The van der Waals surface area contributed by atoms with Crippen LogP contribution in [0.4, 0.5) is 0 Å². The van der Waals surface area contributed by atoms with Crippen molar-refractivity contribution < 1.29 is 4.74 Å². The van der Waals surface area contributed by atoms with Gasteiger partial charge < -0.3 is 20.3 Å². The van der Waals surface area contributed by atoms with Gasteiger partial charge in [-0.2, -0.15) is 0 Å². The Morgan fingerprint density at radius 1 is 1.14 bits per heavy atom. The van der Waals surface area contributed by atoms with Crippen LogP contribution in [0.5, 0.6) is 0 Å². The van der Waals surface area contributed by atoms with Gasteiger partial charge in [-0.25, -0.2) is 0 Å². The molecule has 0 aliphatic carbocycles. The first-order valence-corrected chi connectivity index (χ1v) is 8.95. The van der Waals surface area contributed by atoms with E-state index in [1.807, 2.05) is 0 Å². The van der Waals surface area contributed by atoms with Crippen LogP contribution in [0.3, 0.4) is 0 Å². The standard InChI is InChI=1S/C17H38N4O/c1-6-9-14-22-15-10-11-19-17(18-8-3)20-12-13-21(5)16(4)7-2/h16H,6-15H2,1-5H3,(H2,18,19,20). The first-order chi connectivity index (χ1) is 10.7. The van der Waals surface area contributed by atoms with Crippen LogP contribution in [-0.4, -0.2) is 63.3 Å². The molecule has 2 N–H and O–H groups in total. The van der Waals surface area contributed by atoms with Gasteiger partial charge in [0.1, 0.15) is 0 Å². The van der Waals surface area contributed by atoms with E-state index in [4.69, 9.17) is 4.74 Å². The topological polar surface area (TPSA) is 48.9 Å². The van der Waals surface area contributed by atoms with Gasteiger partial charge >= 0.3 is 0 Å². The lowest BCUT2D eigenvalue weighted by atomic mass is 10.2. The van der Waals surface area contributed by atoms with Crippen molar-refractivity contribution in [2.45, 2.75) is 59.4 Å². The fourth-order valence-electron chi connectivity index (χ4n) is 1.93. The summed E-state index contributed by atoms with van der Waals surface area (Å²) in [5.41, 5.74) is 0. The quantitative estimate of drug-likeness (QED) is 0.311. The van der Waals surface area contributed by atoms with E-state index in [1.165, 1.54) is 12.8 Å². The van der Waals surface area contributed by atoms with Gasteiger partial charge in [-0.3, -0.25) is 4.99 Å². The molecule has 0 spiro atoms. The summed E-state index contributed by atoms with van der Waals surface area (Å²) in [5.74, 6) is 0.911. The molecule has 0 bridgehead atoms. The van der Waals surface area contributed by atoms with Gasteiger partial charge in [0, 0.05) is 45.4 Å². The molecule has 0 aromatic heterocycles. The molecule has 0 rings (SSSR count). The predicted molar refractivity (Wildman–Crippen MR) is 96.7 cm³/mol. The van der Waals surface area contributed by atoms with Crippen molar-refractivity contribution in [2.24, 2.45) is 4.99 Å². The molecule has 1 unspecified atom stereocenters. The van der Waals surface area contributed by atoms with Crippen LogP contribution in [0.25, 0.3) is 0 Å². The Hall–Kier alpha value is -0.810. The Kier molecular flexibility index (Phi) is 14.5. The van der Waals surface area contributed by atoms with Crippen LogP contribution in [0, 0.1) is 0 Å². The van der Waals surface area contributed by atoms with Crippen LogP contribution in [0.1, 0.15) is 53.4 Å². The van der Waals surface area contributed by atoms with Crippen LogP contribution in [0.2, 0.25) is 0 Å². The zero-order valence-electron chi connectivity index (χ0n) is 15.5. The van der Waals surface area contributed by atoms with Gasteiger partial charge in [-0.1, -0.05) is 20.3 Å². The summed E-state index contributed by atoms with van der Waals surface area (Å²) >= 11 is 0. The molecule has 0 heterocycles. The van der Waals surface area contributed by atoms with E-state index in [9.17, 15) is 0 Å². The summed E-state index contributed by atoms with van der Waals surface area (Å²) in [5, 5.41) is 6.69. The summed E-state index contributed by atoms with van der Waals surface area (Å²) in [6.45, 7) is 14.1.